The van der Waals surface area contributed by atoms with Crippen LogP contribution in [-0.4, -0.2) is 28.7 Å². The molecule has 0 aliphatic heterocycles. The van der Waals surface area contributed by atoms with Crippen molar-refractivity contribution >= 4 is 11.4 Å². The zero-order valence-electron chi connectivity index (χ0n) is 4.43. The van der Waals surface area contributed by atoms with E-state index in [0.29, 0.717) is 4.31 Å². The molecule has 0 unspecified atom stereocenters. The van der Waals surface area contributed by atoms with E-state index in [-0.39, 0.29) is 0 Å². The van der Waals surface area contributed by atoms with Gasteiger partial charge in [-0.25, -0.2) is 8.78 Å². The van der Waals surface area contributed by atoms with Gasteiger partial charge in [0.1, 0.15) is 6.26 Å². The molecule has 0 saturated heterocycles. The van der Waals surface area contributed by atoms with Crippen LogP contribution in [0.5, 0.6) is 0 Å². The van der Waals surface area contributed by atoms with E-state index in [0.717, 1.165) is 0 Å². The van der Waals surface area contributed by atoms with E-state index in [2.05, 4.69) is 0 Å². The first-order chi connectivity index (χ1) is 3.72. The second kappa shape index (κ2) is 4.05. The second-order valence-electron chi connectivity index (χ2n) is 1.14. The number of nitrogens with zero attached hydrogens (tertiary/aromatic N) is 1. The number of hydrogen-bond acceptors (Lipinski definition) is 2. The number of halogens is 2. The SMILES string of the molecule is C[S@+]([O-])N(CF)CF. The van der Waals surface area contributed by atoms with Crippen molar-refractivity contribution < 1.29 is 13.3 Å². The van der Waals surface area contributed by atoms with Crippen LogP contribution in [0.1, 0.15) is 0 Å². The molecule has 0 N–H and O–H groups in total. The lowest BCUT2D eigenvalue weighted by molar-refractivity contribution is 0.220. The smallest absolute Gasteiger partial charge is 0.187 e. The molecule has 0 aromatic carbocycles. The van der Waals surface area contributed by atoms with E-state index in [4.69, 9.17) is 0 Å². The van der Waals surface area contributed by atoms with Gasteiger partial charge in [-0.3, -0.25) is 0 Å². The summed E-state index contributed by atoms with van der Waals surface area (Å²) in [6, 6.07) is 0. The molecule has 2 nitrogen and oxygen atoms in total. The van der Waals surface area contributed by atoms with Gasteiger partial charge in [0.15, 0.2) is 13.6 Å². The fourth-order valence-electron chi connectivity index (χ4n) is 0.169. The van der Waals surface area contributed by atoms with Gasteiger partial charge < -0.3 is 4.55 Å². The summed E-state index contributed by atoms with van der Waals surface area (Å²) < 4.78 is 33.5. The fraction of sp³-hybridized carbons (Fsp3) is 1.00. The summed E-state index contributed by atoms with van der Waals surface area (Å²) in [6.45, 7) is -2.00. The Morgan fingerprint density at radius 1 is 1.50 bits per heavy atom. The molecule has 0 heterocycles. The van der Waals surface area contributed by atoms with Crippen molar-refractivity contribution in [2.75, 3.05) is 19.9 Å². The minimum atomic E-state index is -1.52. The van der Waals surface area contributed by atoms with Crippen LogP contribution in [0.15, 0.2) is 0 Å². The van der Waals surface area contributed by atoms with Crippen LogP contribution in [0.3, 0.4) is 0 Å². The van der Waals surface area contributed by atoms with Crippen LogP contribution in [0.4, 0.5) is 8.78 Å². The molecular formula is C3H7F2NOS. The minimum Gasteiger partial charge on any atom is -0.598 e. The van der Waals surface area contributed by atoms with E-state index < -0.39 is 25.0 Å². The minimum absolute atomic E-state index is 0.556. The first-order valence-electron chi connectivity index (χ1n) is 1.92. The molecule has 0 bridgehead atoms. The fourth-order valence-corrected chi connectivity index (χ4v) is 0.444. The van der Waals surface area contributed by atoms with Crippen molar-refractivity contribution in [1.29, 1.82) is 0 Å². The normalized spacial score (nSPS) is 14.6. The van der Waals surface area contributed by atoms with Crippen molar-refractivity contribution in [3.05, 3.63) is 0 Å². The maximum absolute atomic E-state index is 11.4. The Bertz CT molecular complexity index is 59.2. The predicted octanol–water partition coefficient (Wildman–Crippen LogP) is 0.436. The van der Waals surface area contributed by atoms with E-state index in [1.165, 1.54) is 6.26 Å². The molecule has 0 aromatic heterocycles. The molecule has 0 fully saturated rings. The lowest BCUT2D eigenvalue weighted by atomic mass is 11.2. The highest BCUT2D eigenvalue weighted by atomic mass is 32.2. The van der Waals surface area contributed by atoms with Crippen LogP contribution in [0.25, 0.3) is 0 Å². The average Bonchev–Trinajstić information content (AvgIpc) is 1.69. The summed E-state index contributed by atoms with van der Waals surface area (Å²) >= 11 is -1.52. The molecular weight excluding hydrogens is 136 g/mol. The van der Waals surface area contributed by atoms with Crippen LogP contribution >= 0.6 is 0 Å². The van der Waals surface area contributed by atoms with E-state index >= 15 is 0 Å². The van der Waals surface area contributed by atoms with Gasteiger partial charge in [-0.1, -0.05) is 4.31 Å². The molecule has 0 aliphatic rings. The standard InChI is InChI=1S/C3H7F2NOS/c1-8(7)6(2-4)3-5/h2-3H2,1H3/t8-/m0/s1. The third kappa shape index (κ3) is 2.44. The van der Waals surface area contributed by atoms with E-state index in [1.807, 2.05) is 0 Å². The van der Waals surface area contributed by atoms with E-state index in [1.54, 1.807) is 0 Å². The molecule has 0 spiro atoms. The Morgan fingerprint density at radius 3 is 1.88 bits per heavy atom. The van der Waals surface area contributed by atoms with Crippen molar-refractivity contribution in [1.82, 2.24) is 4.31 Å². The zero-order chi connectivity index (χ0) is 6.57. The molecule has 1 atom stereocenters. The summed E-state index contributed by atoms with van der Waals surface area (Å²) in [6.07, 6.45) is 1.22. The lowest BCUT2D eigenvalue weighted by Gasteiger charge is -2.12. The van der Waals surface area contributed by atoms with Crippen molar-refractivity contribution in [3.63, 3.8) is 0 Å². The third-order valence-electron chi connectivity index (χ3n) is 0.630. The largest absolute Gasteiger partial charge is 0.598 e. The maximum atomic E-state index is 11.4. The maximum Gasteiger partial charge on any atom is 0.187 e. The summed E-state index contributed by atoms with van der Waals surface area (Å²) in [4.78, 5) is 0. The summed E-state index contributed by atoms with van der Waals surface area (Å²) in [5, 5.41) is 0. The summed E-state index contributed by atoms with van der Waals surface area (Å²) in [5.74, 6) is 0. The molecule has 8 heavy (non-hydrogen) atoms. The van der Waals surface area contributed by atoms with Crippen LogP contribution < -0.4 is 0 Å². The molecule has 0 radical (unpaired) electrons. The van der Waals surface area contributed by atoms with Gasteiger partial charge in [0, 0.05) is 11.4 Å². The molecule has 0 aliphatic carbocycles. The van der Waals surface area contributed by atoms with Crippen molar-refractivity contribution in [3.8, 4) is 0 Å². The summed E-state index contributed by atoms with van der Waals surface area (Å²) in [5.41, 5.74) is 0. The van der Waals surface area contributed by atoms with Gasteiger partial charge in [0.25, 0.3) is 0 Å². The van der Waals surface area contributed by atoms with Gasteiger partial charge in [0.2, 0.25) is 0 Å². The molecule has 5 heteroatoms. The van der Waals surface area contributed by atoms with Gasteiger partial charge in [-0.2, -0.15) is 0 Å². The Labute approximate surface area is 49.8 Å². The van der Waals surface area contributed by atoms with E-state index in [9.17, 15) is 13.3 Å². The average molecular weight is 143 g/mol. The highest BCUT2D eigenvalue weighted by molar-refractivity contribution is 7.88. The highest BCUT2D eigenvalue weighted by Gasteiger charge is 2.11. The van der Waals surface area contributed by atoms with Crippen molar-refractivity contribution in [2.24, 2.45) is 0 Å². The zero-order valence-corrected chi connectivity index (χ0v) is 5.25. The van der Waals surface area contributed by atoms with Gasteiger partial charge in [-0.05, 0) is 0 Å². The molecule has 0 amide bonds. The molecule has 0 rings (SSSR count). The van der Waals surface area contributed by atoms with Gasteiger partial charge >= 0.3 is 0 Å². The first-order valence-corrected chi connectivity index (χ1v) is 3.44. The highest BCUT2D eigenvalue weighted by Crippen LogP contribution is 1.96. The predicted molar refractivity (Wildman–Crippen MR) is 27.9 cm³/mol. The van der Waals surface area contributed by atoms with Gasteiger partial charge in [0.05, 0.1) is 0 Å². The monoisotopic (exact) mass is 143 g/mol. The third-order valence-corrected chi connectivity index (χ3v) is 1.55. The van der Waals surface area contributed by atoms with Crippen LogP contribution in [0.2, 0.25) is 0 Å². The van der Waals surface area contributed by atoms with Crippen LogP contribution in [0, 0.1) is 0 Å². The van der Waals surface area contributed by atoms with Gasteiger partial charge in [-0.15, -0.1) is 0 Å². The Hall–Kier alpha value is 0.130. The molecule has 0 saturated carbocycles. The Kier molecular flexibility index (Phi) is 4.12. The Balaban J connectivity index is 3.35. The first kappa shape index (κ1) is 8.13. The number of rotatable bonds is 3. The molecule has 0 aromatic rings. The summed E-state index contributed by atoms with van der Waals surface area (Å²) in [7, 11) is 0. The Morgan fingerprint density at radius 2 is 1.88 bits per heavy atom. The lowest BCUT2D eigenvalue weighted by Crippen LogP contribution is -2.28. The quantitative estimate of drug-likeness (QED) is 0.423. The van der Waals surface area contributed by atoms with Crippen molar-refractivity contribution in [2.45, 2.75) is 0 Å². The molecule has 50 valence electrons. The van der Waals surface area contributed by atoms with Crippen LogP contribution in [-0.2, 0) is 11.4 Å². The number of hydrogen-bond donors (Lipinski definition) is 0. The second-order valence-corrected chi connectivity index (χ2v) is 2.51. The topological polar surface area (TPSA) is 26.3 Å². The number of alkyl halides is 2.